The van der Waals surface area contributed by atoms with Gasteiger partial charge in [0.1, 0.15) is 5.82 Å². The Morgan fingerprint density at radius 3 is 2.89 bits per heavy atom. The Balaban J connectivity index is 1.48. The van der Waals surface area contributed by atoms with Gasteiger partial charge in [-0.15, -0.1) is 0 Å². The molecule has 2 heterocycles. The van der Waals surface area contributed by atoms with E-state index in [0.717, 1.165) is 50.0 Å². The number of benzene rings is 2. The average molecular weight is 377 g/mol. The first kappa shape index (κ1) is 18.5. The molecule has 0 saturated carbocycles. The van der Waals surface area contributed by atoms with Gasteiger partial charge in [-0.1, -0.05) is 49.4 Å². The highest BCUT2D eigenvalue weighted by Crippen LogP contribution is 2.19. The van der Waals surface area contributed by atoms with Crippen molar-refractivity contribution in [3.63, 3.8) is 0 Å². The fourth-order valence-electron chi connectivity index (χ4n) is 3.74. The summed E-state index contributed by atoms with van der Waals surface area (Å²) in [5, 5.41) is 14.1. The van der Waals surface area contributed by atoms with E-state index in [-0.39, 0.29) is 0 Å². The molecule has 1 aliphatic rings. The van der Waals surface area contributed by atoms with Crippen LogP contribution in [0.5, 0.6) is 0 Å². The van der Waals surface area contributed by atoms with Gasteiger partial charge in [0.25, 0.3) is 0 Å². The number of guanidine groups is 1. The van der Waals surface area contributed by atoms with Gasteiger partial charge in [-0.05, 0) is 29.7 Å². The summed E-state index contributed by atoms with van der Waals surface area (Å²) in [6.07, 6.45) is 2.88. The quantitative estimate of drug-likeness (QED) is 0.530. The highest BCUT2D eigenvalue weighted by atomic mass is 15.4. The molecule has 0 bridgehead atoms. The molecule has 1 aliphatic heterocycles. The zero-order chi connectivity index (χ0) is 19.3. The molecule has 1 atom stereocenters. The molecule has 0 aliphatic carbocycles. The van der Waals surface area contributed by atoms with E-state index in [1.807, 2.05) is 4.68 Å². The fraction of sp³-hybridized carbons (Fsp3) is 0.409. The molecular weight excluding hydrogens is 348 g/mol. The first-order valence-corrected chi connectivity index (χ1v) is 10.2. The third-order valence-electron chi connectivity index (χ3n) is 5.19. The van der Waals surface area contributed by atoms with Crippen LogP contribution in [0.1, 0.15) is 37.5 Å². The molecular formula is C22H28N6. The summed E-state index contributed by atoms with van der Waals surface area (Å²) in [5.41, 5.74) is 1.24. The number of nitrogens with zero attached hydrogens (tertiary/aromatic N) is 4. The molecule has 0 radical (unpaired) electrons. The van der Waals surface area contributed by atoms with Crippen molar-refractivity contribution in [3.05, 3.63) is 59.7 Å². The molecule has 28 heavy (non-hydrogen) atoms. The molecule has 1 unspecified atom stereocenters. The summed E-state index contributed by atoms with van der Waals surface area (Å²) in [6.45, 7) is 6.51. The molecule has 3 aromatic rings. The van der Waals surface area contributed by atoms with Gasteiger partial charge in [-0.3, -0.25) is 0 Å². The lowest BCUT2D eigenvalue weighted by atomic mass is 10.0. The number of aromatic nitrogens is 3. The molecule has 1 aromatic heterocycles. The predicted molar refractivity (Wildman–Crippen MR) is 113 cm³/mol. The second-order valence-electron chi connectivity index (χ2n) is 7.19. The molecule has 6 nitrogen and oxygen atoms in total. The molecule has 2 N–H and O–H groups in total. The van der Waals surface area contributed by atoms with Crippen molar-refractivity contribution in [3.8, 4) is 0 Å². The fourth-order valence-corrected chi connectivity index (χ4v) is 3.74. The summed E-state index contributed by atoms with van der Waals surface area (Å²) < 4.78 is 2.05. The summed E-state index contributed by atoms with van der Waals surface area (Å²) in [5.74, 6) is 2.90. The minimum atomic E-state index is 0.309. The third-order valence-corrected chi connectivity index (χ3v) is 5.19. The zero-order valence-electron chi connectivity index (χ0n) is 16.7. The number of aryl methyl sites for hydroxylation is 2. The summed E-state index contributed by atoms with van der Waals surface area (Å²) >= 11 is 0. The van der Waals surface area contributed by atoms with Gasteiger partial charge in [0, 0.05) is 25.4 Å². The monoisotopic (exact) mass is 376 g/mol. The van der Waals surface area contributed by atoms with Crippen LogP contribution in [0.4, 0.5) is 0 Å². The van der Waals surface area contributed by atoms with E-state index in [9.17, 15) is 0 Å². The second-order valence-corrected chi connectivity index (χ2v) is 7.19. The van der Waals surface area contributed by atoms with Gasteiger partial charge < -0.3 is 10.6 Å². The van der Waals surface area contributed by atoms with Crippen molar-refractivity contribution in [2.45, 2.75) is 52.2 Å². The normalized spacial score (nSPS) is 16.8. The molecule has 0 saturated heterocycles. The van der Waals surface area contributed by atoms with Crippen LogP contribution >= 0.6 is 0 Å². The Morgan fingerprint density at radius 1 is 1.18 bits per heavy atom. The first-order valence-electron chi connectivity index (χ1n) is 10.2. The highest BCUT2D eigenvalue weighted by molar-refractivity contribution is 5.86. The number of rotatable bonds is 5. The van der Waals surface area contributed by atoms with Crippen molar-refractivity contribution in [2.75, 3.05) is 6.54 Å². The first-order chi connectivity index (χ1) is 13.8. The largest absolute Gasteiger partial charge is 0.357 e. The maximum Gasteiger partial charge on any atom is 0.191 e. The topological polar surface area (TPSA) is 67.1 Å². The minimum absolute atomic E-state index is 0.309. The summed E-state index contributed by atoms with van der Waals surface area (Å²) in [7, 11) is 0. The van der Waals surface area contributed by atoms with Crippen LogP contribution in [0.15, 0.2) is 47.5 Å². The van der Waals surface area contributed by atoms with E-state index >= 15 is 0 Å². The van der Waals surface area contributed by atoms with E-state index in [1.165, 1.54) is 16.3 Å². The van der Waals surface area contributed by atoms with E-state index in [0.29, 0.717) is 12.6 Å². The van der Waals surface area contributed by atoms with Crippen LogP contribution in [-0.2, 0) is 25.9 Å². The van der Waals surface area contributed by atoms with Gasteiger partial charge in [0.15, 0.2) is 11.8 Å². The lowest BCUT2D eigenvalue weighted by molar-refractivity contribution is 0.392. The number of fused-ring (bicyclic) bond motifs is 2. The zero-order valence-corrected chi connectivity index (χ0v) is 16.7. The lowest BCUT2D eigenvalue weighted by Crippen LogP contribution is -2.47. The van der Waals surface area contributed by atoms with Crippen molar-refractivity contribution >= 4 is 16.7 Å². The van der Waals surface area contributed by atoms with Crippen molar-refractivity contribution < 1.29 is 0 Å². The van der Waals surface area contributed by atoms with Crippen LogP contribution in [-0.4, -0.2) is 33.3 Å². The molecule has 4 rings (SSSR count). The average Bonchev–Trinajstić information content (AvgIpc) is 3.14. The van der Waals surface area contributed by atoms with Crippen molar-refractivity contribution in [1.82, 2.24) is 25.4 Å². The predicted octanol–water partition coefficient (Wildman–Crippen LogP) is 3.06. The van der Waals surface area contributed by atoms with Crippen molar-refractivity contribution in [1.29, 1.82) is 0 Å². The van der Waals surface area contributed by atoms with E-state index < -0.39 is 0 Å². The van der Waals surface area contributed by atoms with Gasteiger partial charge in [-0.2, -0.15) is 5.10 Å². The number of nitrogens with one attached hydrogen (secondary N) is 2. The highest BCUT2D eigenvalue weighted by Gasteiger charge is 2.22. The van der Waals surface area contributed by atoms with Crippen LogP contribution in [0, 0.1) is 0 Å². The van der Waals surface area contributed by atoms with E-state index in [1.54, 1.807) is 0 Å². The number of hydrogen-bond donors (Lipinski definition) is 2. The van der Waals surface area contributed by atoms with Gasteiger partial charge in [-0.25, -0.2) is 14.7 Å². The Hall–Kier alpha value is -2.89. The maximum absolute atomic E-state index is 4.85. The smallest absolute Gasteiger partial charge is 0.191 e. The Kier molecular flexibility index (Phi) is 5.55. The van der Waals surface area contributed by atoms with Gasteiger partial charge in [0.2, 0.25) is 0 Å². The maximum atomic E-state index is 4.85. The van der Waals surface area contributed by atoms with Crippen LogP contribution in [0.25, 0.3) is 10.8 Å². The van der Waals surface area contributed by atoms with Gasteiger partial charge in [0.05, 0.1) is 13.1 Å². The SMILES string of the molecule is CCNC(=NCc1cccc2ccccc12)NC1CCc2nc(CC)nn2C1. The number of aliphatic imine (C=N–C) groups is 1. The molecule has 6 heteroatoms. The van der Waals surface area contributed by atoms with Crippen molar-refractivity contribution in [2.24, 2.45) is 4.99 Å². The Bertz CT molecular complexity index is 969. The summed E-state index contributed by atoms with van der Waals surface area (Å²) in [4.78, 5) is 9.46. The molecule has 0 fully saturated rings. The third kappa shape index (κ3) is 4.01. The molecule has 146 valence electrons. The molecule has 0 amide bonds. The standard InChI is InChI=1S/C22H28N6/c1-3-20-26-21-13-12-18(15-28(21)27-20)25-22(23-4-2)24-14-17-10-7-9-16-8-5-6-11-19(16)17/h5-11,18H,3-4,12-15H2,1-2H3,(H2,23,24,25). The van der Waals surface area contributed by atoms with Crippen LogP contribution in [0.2, 0.25) is 0 Å². The molecule has 0 spiro atoms. The van der Waals surface area contributed by atoms with Gasteiger partial charge >= 0.3 is 0 Å². The number of hydrogen-bond acceptors (Lipinski definition) is 3. The Morgan fingerprint density at radius 2 is 2.04 bits per heavy atom. The lowest BCUT2D eigenvalue weighted by Gasteiger charge is -2.25. The van der Waals surface area contributed by atoms with Crippen LogP contribution in [0.3, 0.4) is 0 Å². The summed E-state index contributed by atoms with van der Waals surface area (Å²) in [6, 6.07) is 15.2. The van der Waals surface area contributed by atoms with E-state index in [4.69, 9.17) is 4.99 Å². The van der Waals surface area contributed by atoms with E-state index in [2.05, 4.69) is 77.0 Å². The Labute approximate surface area is 166 Å². The van der Waals surface area contributed by atoms with Crippen LogP contribution < -0.4 is 10.6 Å². The molecule has 2 aromatic carbocycles. The minimum Gasteiger partial charge on any atom is -0.357 e. The second kappa shape index (κ2) is 8.42.